The Kier molecular flexibility index (Phi) is 4.34. The first-order chi connectivity index (χ1) is 8.27. The van der Waals surface area contributed by atoms with Crippen LogP contribution in [0.3, 0.4) is 0 Å². The molecule has 4 heteroatoms. The third-order valence-corrected chi connectivity index (χ3v) is 3.22. The van der Waals surface area contributed by atoms with E-state index in [0.717, 1.165) is 39.3 Å². The number of nitrogens with one attached hydrogen (secondary N) is 1. The van der Waals surface area contributed by atoms with E-state index in [1.807, 2.05) is 24.1 Å². The van der Waals surface area contributed by atoms with Crippen molar-refractivity contribution in [3.05, 3.63) is 30.1 Å². The average Bonchev–Trinajstić information content (AvgIpc) is 2.38. The SMILES string of the molecule is CN(CCN1CCNCC1)c1ccccc1F. The summed E-state index contributed by atoms with van der Waals surface area (Å²) in [6.07, 6.45) is 0. The first-order valence-corrected chi connectivity index (χ1v) is 6.16. The van der Waals surface area contributed by atoms with Gasteiger partial charge in [-0.3, -0.25) is 4.90 Å². The van der Waals surface area contributed by atoms with Gasteiger partial charge in [0.2, 0.25) is 0 Å². The van der Waals surface area contributed by atoms with Gasteiger partial charge in [0, 0.05) is 46.3 Å². The largest absolute Gasteiger partial charge is 0.371 e. The summed E-state index contributed by atoms with van der Waals surface area (Å²) in [5.41, 5.74) is 0.683. The number of piperazine rings is 1. The van der Waals surface area contributed by atoms with Crippen molar-refractivity contribution in [2.45, 2.75) is 0 Å². The van der Waals surface area contributed by atoms with Crippen molar-refractivity contribution in [2.75, 3.05) is 51.2 Å². The first-order valence-electron chi connectivity index (χ1n) is 6.16. The molecule has 0 radical (unpaired) electrons. The molecule has 1 aliphatic heterocycles. The van der Waals surface area contributed by atoms with E-state index in [1.54, 1.807) is 6.07 Å². The Balaban J connectivity index is 1.84. The Morgan fingerprint density at radius 2 is 2.00 bits per heavy atom. The van der Waals surface area contributed by atoms with E-state index in [9.17, 15) is 4.39 Å². The van der Waals surface area contributed by atoms with Crippen molar-refractivity contribution in [3.8, 4) is 0 Å². The quantitative estimate of drug-likeness (QED) is 0.848. The van der Waals surface area contributed by atoms with Crippen LogP contribution in [0.25, 0.3) is 0 Å². The summed E-state index contributed by atoms with van der Waals surface area (Å²) in [5, 5.41) is 3.33. The second-order valence-electron chi connectivity index (χ2n) is 4.46. The molecule has 3 nitrogen and oxygen atoms in total. The fourth-order valence-electron chi connectivity index (χ4n) is 2.11. The predicted molar refractivity (Wildman–Crippen MR) is 69.0 cm³/mol. The van der Waals surface area contributed by atoms with E-state index in [4.69, 9.17) is 0 Å². The van der Waals surface area contributed by atoms with Crippen molar-refractivity contribution in [2.24, 2.45) is 0 Å². The third kappa shape index (κ3) is 3.41. The van der Waals surface area contributed by atoms with Crippen LogP contribution >= 0.6 is 0 Å². The average molecular weight is 237 g/mol. The lowest BCUT2D eigenvalue weighted by Crippen LogP contribution is -2.46. The molecule has 0 saturated carbocycles. The smallest absolute Gasteiger partial charge is 0.146 e. The van der Waals surface area contributed by atoms with E-state index in [1.165, 1.54) is 6.07 Å². The molecule has 0 atom stereocenters. The Morgan fingerprint density at radius 1 is 1.29 bits per heavy atom. The van der Waals surface area contributed by atoms with Crippen LogP contribution in [0, 0.1) is 5.82 Å². The molecule has 0 amide bonds. The van der Waals surface area contributed by atoms with Crippen LogP contribution in [0.15, 0.2) is 24.3 Å². The lowest BCUT2D eigenvalue weighted by Gasteiger charge is -2.29. The van der Waals surface area contributed by atoms with Crippen molar-refractivity contribution in [1.29, 1.82) is 0 Å². The molecular formula is C13H20FN3. The molecule has 1 aliphatic rings. The monoisotopic (exact) mass is 237 g/mol. The van der Waals surface area contributed by atoms with Gasteiger partial charge in [-0.05, 0) is 12.1 Å². The van der Waals surface area contributed by atoms with Gasteiger partial charge < -0.3 is 10.2 Å². The van der Waals surface area contributed by atoms with Crippen molar-refractivity contribution < 1.29 is 4.39 Å². The number of rotatable bonds is 4. The predicted octanol–water partition coefficient (Wildman–Crippen LogP) is 1.17. The number of hydrogen-bond donors (Lipinski definition) is 1. The van der Waals surface area contributed by atoms with E-state index in [-0.39, 0.29) is 5.82 Å². The molecule has 94 valence electrons. The number of benzene rings is 1. The van der Waals surface area contributed by atoms with Crippen LogP contribution in [-0.2, 0) is 0 Å². The number of hydrogen-bond acceptors (Lipinski definition) is 3. The normalized spacial score (nSPS) is 17.1. The molecule has 1 N–H and O–H groups in total. The van der Waals surface area contributed by atoms with Crippen LogP contribution in [0.2, 0.25) is 0 Å². The summed E-state index contributed by atoms with van der Waals surface area (Å²) < 4.78 is 13.5. The van der Waals surface area contributed by atoms with Crippen LogP contribution in [-0.4, -0.2) is 51.2 Å². The minimum absolute atomic E-state index is 0.143. The third-order valence-electron chi connectivity index (χ3n) is 3.22. The molecule has 0 spiro atoms. The minimum Gasteiger partial charge on any atom is -0.371 e. The van der Waals surface area contributed by atoms with E-state index >= 15 is 0 Å². The molecule has 1 aromatic carbocycles. The van der Waals surface area contributed by atoms with Crippen molar-refractivity contribution in [3.63, 3.8) is 0 Å². The van der Waals surface area contributed by atoms with Gasteiger partial charge in [0.05, 0.1) is 5.69 Å². The van der Waals surface area contributed by atoms with Crippen LogP contribution in [0.1, 0.15) is 0 Å². The first kappa shape index (κ1) is 12.3. The van der Waals surface area contributed by atoms with Gasteiger partial charge in [0.1, 0.15) is 5.82 Å². The van der Waals surface area contributed by atoms with Gasteiger partial charge in [-0.25, -0.2) is 4.39 Å². The molecule has 1 aromatic rings. The zero-order chi connectivity index (χ0) is 12.1. The Bertz CT molecular complexity index is 350. The zero-order valence-corrected chi connectivity index (χ0v) is 10.3. The van der Waals surface area contributed by atoms with E-state index in [2.05, 4.69) is 10.2 Å². The highest BCUT2D eigenvalue weighted by molar-refractivity contribution is 5.46. The lowest BCUT2D eigenvalue weighted by atomic mass is 10.2. The molecule has 17 heavy (non-hydrogen) atoms. The fourth-order valence-corrected chi connectivity index (χ4v) is 2.11. The van der Waals surface area contributed by atoms with Crippen molar-refractivity contribution >= 4 is 5.69 Å². The van der Waals surface area contributed by atoms with Crippen LogP contribution < -0.4 is 10.2 Å². The topological polar surface area (TPSA) is 18.5 Å². The number of likely N-dealkylation sites (N-methyl/N-ethyl adjacent to an activating group) is 1. The molecular weight excluding hydrogens is 217 g/mol. The van der Waals surface area contributed by atoms with Crippen LogP contribution in [0.4, 0.5) is 10.1 Å². The summed E-state index contributed by atoms with van der Waals surface area (Å²) in [4.78, 5) is 4.39. The maximum absolute atomic E-state index is 13.5. The van der Waals surface area contributed by atoms with E-state index in [0.29, 0.717) is 5.69 Å². The number of anilines is 1. The van der Waals surface area contributed by atoms with Gasteiger partial charge in [-0.15, -0.1) is 0 Å². The Morgan fingerprint density at radius 3 is 2.71 bits per heavy atom. The molecule has 0 aliphatic carbocycles. The van der Waals surface area contributed by atoms with Gasteiger partial charge >= 0.3 is 0 Å². The summed E-state index contributed by atoms with van der Waals surface area (Å²) in [6.45, 7) is 6.15. The van der Waals surface area contributed by atoms with Gasteiger partial charge in [-0.1, -0.05) is 12.1 Å². The van der Waals surface area contributed by atoms with Gasteiger partial charge in [0.25, 0.3) is 0 Å². The highest BCUT2D eigenvalue weighted by Crippen LogP contribution is 2.16. The highest BCUT2D eigenvalue weighted by atomic mass is 19.1. The summed E-state index contributed by atoms with van der Waals surface area (Å²) in [6, 6.07) is 6.94. The summed E-state index contributed by atoms with van der Waals surface area (Å²) >= 11 is 0. The standard InChI is InChI=1S/C13H20FN3/c1-16(13-5-3-2-4-12(13)14)10-11-17-8-6-15-7-9-17/h2-5,15H,6-11H2,1H3. The lowest BCUT2D eigenvalue weighted by molar-refractivity contribution is 0.246. The molecule has 0 aromatic heterocycles. The summed E-state index contributed by atoms with van der Waals surface area (Å²) in [5.74, 6) is -0.143. The minimum atomic E-state index is -0.143. The number of nitrogens with zero attached hydrogens (tertiary/aromatic N) is 2. The maximum atomic E-state index is 13.5. The fraction of sp³-hybridized carbons (Fsp3) is 0.538. The Hall–Kier alpha value is -1.13. The van der Waals surface area contributed by atoms with Crippen LogP contribution in [0.5, 0.6) is 0 Å². The highest BCUT2D eigenvalue weighted by Gasteiger charge is 2.11. The second kappa shape index (κ2) is 5.98. The maximum Gasteiger partial charge on any atom is 0.146 e. The number of halogens is 1. The molecule has 1 saturated heterocycles. The second-order valence-corrected chi connectivity index (χ2v) is 4.46. The zero-order valence-electron chi connectivity index (χ0n) is 10.3. The molecule has 0 bridgehead atoms. The number of para-hydroxylation sites is 1. The van der Waals surface area contributed by atoms with Crippen molar-refractivity contribution in [1.82, 2.24) is 10.2 Å². The van der Waals surface area contributed by atoms with Gasteiger partial charge in [-0.2, -0.15) is 0 Å². The van der Waals surface area contributed by atoms with Gasteiger partial charge in [0.15, 0.2) is 0 Å². The van der Waals surface area contributed by atoms with E-state index < -0.39 is 0 Å². The summed E-state index contributed by atoms with van der Waals surface area (Å²) in [7, 11) is 1.95. The molecule has 1 heterocycles. The Labute approximate surface area is 102 Å². The molecule has 2 rings (SSSR count). The molecule has 1 fully saturated rings. The molecule has 0 unspecified atom stereocenters.